The third kappa shape index (κ3) is 4.47. The second-order valence-corrected chi connectivity index (χ2v) is 5.10. The van der Waals surface area contributed by atoms with Gasteiger partial charge < -0.3 is 15.2 Å². The number of benzene rings is 1. The van der Waals surface area contributed by atoms with Crippen LogP contribution in [-0.4, -0.2) is 37.4 Å². The van der Waals surface area contributed by atoms with Crippen LogP contribution in [0.2, 0.25) is 0 Å². The Kier molecular flexibility index (Phi) is 5.64. The third-order valence-corrected chi connectivity index (χ3v) is 3.50. The lowest BCUT2D eigenvalue weighted by molar-refractivity contribution is -0.122. The number of aliphatic hydroxyl groups is 1. The number of nitrogens with one attached hydrogen (secondary N) is 1. The van der Waals surface area contributed by atoms with Crippen LogP contribution in [0.5, 0.6) is 0 Å². The highest BCUT2D eigenvalue weighted by Crippen LogP contribution is 2.47. The van der Waals surface area contributed by atoms with Gasteiger partial charge in [-0.05, 0) is 36.5 Å². The highest BCUT2D eigenvalue weighted by Gasteiger charge is 2.43. The van der Waals surface area contributed by atoms with E-state index in [1.54, 1.807) is 0 Å². The first kappa shape index (κ1) is 15.9. The van der Waals surface area contributed by atoms with E-state index in [9.17, 15) is 13.6 Å². The van der Waals surface area contributed by atoms with Crippen LogP contribution in [0.15, 0.2) is 18.2 Å². The summed E-state index contributed by atoms with van der Waals surface area (Å²) in [5.41, 5.74) is 0.667. The van der Waals surface area contributed by atoms with E-state index in [0.29, 0.717) is 38.2 Å². The predicted molar refractivity (Wildman–Crippen MR) is 72.7 cm³/mol. The molecule has 1 aromatic carbocycles. The molecule has 21 heavy (non-hydrogen) atoms. The summed E-state index contributed by atoms with van der Waals surface area (Å²) < 4.78 is 31.1. The normalized spacial score (nSPS) is 20.3. The molecule has 0 aliphatic heterocycles. The van der Waals surface area contributed by atoms with Gasteiger partial charge in [0.15, 0.2) is 11.6 Å². The first-order valence-corrected chi connectivity index (χ1v) is 7.04. The predicted octanol–water partition coefficient (Wildman–Crippen LogP) is 1.58. The van der Waals surface area contributed by atoms with Crippen molar-refractivity contribution in [2.45, 2.75) is 18.8 Å². The van der Waals surface area contributed by atoms with E-state index >= 15 is 0 Å². The number of rotatable bonds is 8. The smallest absolute Gasteiger partial charge is 0.223 e. The topological polar surface area (TPSA) is 58.6 Å². The van der Waals surface area contributed by atoms with Crippen molar-refractivity contribution < 1.29 is 23.4 Å². The van der Waals surface area contributed by atoms with Gasteiger partial charge in [0, 0.05) is 19.1 Å². The Balaban J connectivity index is 1.70. The second kappa shape index (κ2) is 7.47. The molecule has 0 bridgehead atoms. The maximum absolute atomic E-state index is 13.1. The van der Waals surface area contributed by atoms with Gasteiger partial charge in [-0.1, -0.05) is 6.07 Å². The van der Waals surface area contributed by atoms with Crippen LogP contribution in [0.3, 0.4) is 0 Å². The Morgan fingerprint density at radius 3 is 2.86 bits per heavy atom. The first-order chi connectivity index (χ1) is 10.1. The Labute approximate surface area is 122 Å². The summed E-state index contributed by atoms with van der Waals surface area (Å²) in [5.74, 6) is -1.99. The highest BCUT2D eigenvalue weighted by atomic mass is 19.2. The summed E-state index contributed by atoms with van der Waals surface area (Å²) in [6.07, 6.45) is 1.34. The molecular formula is C15H19F2NO3. The molecule has 116 valence electrons. The van der Waals surface area contributed by atoms with Gasteiger partial charge in [-0.2, -0.15) is 0 Å². The van der Waals surface area contributed by atoms with E-state index in [-0.39, 0.29) is 24.3 Å². The van der Waals surface area contributed by atoms with Gasteiger partial charge in [0.25, 0.3) is 0 Å². The van der Waals surface area contributed by atoms with Crippen LogP contribution in [0, 0.1) is 17.6 Å². The Morgan fingerprint density at radius 1 is 1.33 bits per heavy atom. The molecular weight excluding hydrogens is 280 g/mol. The summed E-state index contributed by atoms with van der Waals surface area (Å²) in [7, 11) is 0. The Hall–Kier alpha value is -1.53. The molecule has 0 spiro atoms. The molecule has 2 rings (SSSR count). The van der Waals surface area contributed by atoms with Crippen LogP contribution >= 0.6 is 0 Å². The summed E-state index contributed by atoms with van der Waals surface area (Å²) in [6.45, 7) is 1.28. The molecule has 1 aromatic rings. The minimum absolute atomic E-state index is 0.00958. The van der Waals surface area contributed by atoms with Crippen LogP contribution in [0.1, 0.15) is 24.3 Å². The average Bonchev–Trinajstić information content (AvgIpc) is 3.26. The Morgan fingerprint density at radius 2 is 2.14 bits per heavy atom. The highest BCUT2D eigenvalue weighted by molar-refractivity contribution is 5.82. The molecule has 6 heteroatoms. The minimum Gasteiger partial charge on any atom is -0.394 e. The standard InChI is InChI=1S/C15H19F2NO3/c16-13-3-2-10(8-14(13)17)11-9-12(11)15(20)18-4-1-6-21-7-5-19/h2-3,8,11-12,19H,1,4-7,9H2,(H,18,20). The van der Waals surface area contributed by atoms with E-state index in [2.05, 4.69) is 5.32 Å². The van der Waals surface area contributed by atoms with E-state index in [4.69, 9.17) is 9.84 Å². The molecule has 0 saturated heterocycles. The van der Waals surface area contributed by atoms with Crippen molar-refractivity contribution in [1.82, 2.24) is 5.32 Å². The van der Waals surface area contributed by atoms with Gasteiger partial charge in [0.2, 0.25) is 5.91 Å². The molecule has 1 aliphatic rings. The molecule has 1 fully saturated rings. The molecule has 1 amide bonds. The summed E-state index contributed by atoms with van der Waals surface area (Å²) >= 11 is 0. The first-order valence-electron chi connectivity index (χ1n) is 7.04. The van der Waals surface area contributed by atoms with Gasteiger partial charge >= 0.3 is 0 Å². The molecule has 2 atom stereocenters. The number of ether oxygens (including phenoxy) is 1. The van der Waals surface area contributed by atoms with Gasteiger partial charge in [-0.25, -0.2) is 8.78 Å². The van der Waals surface area contributed by atoms with Crippen LogP contribution in [0.25, 0.3) is 0 Å². The fourth-order valence-electron chi connectivity index (χ4n) is 2.28. The molecule has 2 N–H and O–H groups in total. The Bertz CT molecular complexity index is 496. The van der Waals surface area contributed by atoms with Gasteiger partial charge in [-0.15, -0.1) is 0 Å². The van der Waals surface area contributed by atoms with Gasteiger partial charge in [0.05, 0.1) is 13.2 Å². The number of hydrogen-bond donors (Lipinski definition) is 2. The number of halogens is 2. The largest absolute Gasteiger partial charge is 0.394 e. The molecule has 0 aromatic heterocycles. The second-order valence-electron chi connectivity index (χ2n) is 5.10. The van der Waals surface area contributed by atoms with Crippen molar-refractivity contribution >= 4 is 5.91 Å². The average molecular weight is 299 g/mol. The monoisotopic (exact) mass is 299 g/mol. The van der Waals surface area contributed by atoms with E-state index in [0.717, 1.165) is 12.1 Å². The van der Waals surface area contributed by atoms with Gasteiger partial charge in [-0.3, -0.25) is 4.79 Å². The molecule has 2 unspecified atom stereocenters. The van der Waals surface area contributed by atoms with Crippen molar-refractivity contribution in [3.05, 3.63) is 35.4 Å². The van der Waals surface area contributed by atoms with E-state index < -0.39 is 11.6 Å². The molecule has 0 heterocycles. The van der Waals surface area contributed by atoms with Crippen LogP contribution in [-0.2, 0) is 9.53 Å². The number of carbonyl (C=O) groups excluding carboxylic acids is 1. The molecule has 0 radical (unpaired) electrons. The lowest BCUT2D eigenvalue weighted by Gasteiger charge is -2.06. The van der Waals surface area contributed by atoms with E-state index in [1.165, 1.54) is 6.07 Å². The number of carbonyl (C=O) groups is 1. The maximum Gasteiger partial charge on any atom is 0.223 e. The van der Waals surface area contributed by atoms with Crippen molar-refractivity contribution in [2.75, 3.05) is 26.4 Å². The quantitative estimate of drug-likeness (QED) is 0.717. The summed E-state index contributed by atoms with van der Waals surface area (Å²) in [4.78, 5) is 11.9. The summed E-state index contributed by atoms with van der Waals surface area (Å²) in [6, 6.07) is 3.78. The van der Waals surface area contributed by atoms with Crippen molar-refractivity contribution in [1.29, 1.82) is 0 Å². The number of hydrogen-bond acceptors (Lipinski definition) is 3. The number of aliphatic hydroxyl groups excluding tert-OH is 1. The molecule has 1 aliphatic carbocycles. The minimum atomic E-state index is -0.875. The zero-order valence-electron chi connectivity index (χ0n) is 11.6. The third-order valence-electron chi connectivity index (χ3n) is 3.50. The fourth-order valence-corrected chi connectivity index (χ4v) is 2.28. The SMILES string of the molecule is O=C(NCCCOCCO)C1CC1c1ccc(F)c(F)c1. The van der Waals surface area contributed by atoms with E-state index in [1.807, 2.05) is 0 Å². The summed E-state index contributed by atoms with van der Waals surface area (Å²) in [5, 5.41) is 11.3. The lowest BCUT2D eigenvalue weighted by atomic mass is 10.1. The zero-order chi connectivity index (χ0) is 15.2. The lowest BCUT2D eigenvalue weighted by Crippen LogP contribution is -2.27. The number of amides is 1. The van der Waals surface area contributed by atoms with Crippen molar-refractivity contribution in [2.24, 2.45) is 5.92 Å². The molecule has 1 saturated carbocycles. The van der Waals surface area contributed by atoms with Crippen LogP contribution < -0.4 is 5.32 Å². The van der Waals surface area contributed by atoms with Crippen molar-refractivity contribution in [3.63, 3.8) is 0 Å². The zero-order valence-corrected chi connectivity index (χ0v) is 11.6. The fraction of sp³-hybridized carbons (Fsp3) is 0.533. The maximum atomic E-state index is 13.1. The van der Waals surface area contributed by atoms with Crippen molar-refractivity contribution in [3.8, 4) is 0 Å². The van der Waals surface area contributed by atoms with Crippen LogP contribution in [0.4, 0.5) is 8.78 Å². The molecule has 4 nitrogen and oxygen atoms in total. The van der Waals surface area contributed by atoms with Gasteiger partial charge in [0.1, 0.15) is 0 Å².